The van der Waals surface area contributed by atoms with Gasteiger partial charge < -0.3 is 15.5 Å². The number of hydrogen-bond donors (Lipinski definition) is 1. The first-order chi connectivity index (χ1) is 18.2. The summed E-state index contributed by atoms with van der Waals surface area (Å²) in [7, 11) is 0. The maximum Gasteiger partial charge on any atom is 0.416 e. The molecule has 2 N–H and O–H groups in total. The molecule has 0 aliphatic carbocycles. The average molecular weight is 530 g/mol. The van der Waals surface area contributed by atoms with Crippen molar-refractivity contribution in [3.05, 3.63) is 89.1 Å². The Hall–Kier alpha value is -3.17. The molecule has 1 atom stereocenters. The summed E-state index contributed by atoms with van der Waals surface area (Å²) in [6.07, 6.45) is -0.452. The topological polar surface area (TPSA) is 48.1 Å². The van der Waals surface area contributed by atoms with Crippen LogP contribution in [0.25, 0.3) is 5.57 Å². The van der Waals surface area contributed by atoms with Gasteiger partial charge in [0.1, 0.15) is 11.6 Å². The number of halogens is 4. The van der Waals surface area contributed by atoms with Crippen LogP contribution in [0.5, 0.6) is 0 Å². The molecule has 4 rings (SSSR count). The van der Waals surface area contributed by atoms with Crippen molar-refractivity contribution in [2.24, 2.45) is 10.7 Å². The van der Waals surface area contributed by atoms with Crippen molar-refractivity contribution in [2.45, 2.75) is 32.0 Å². The van der Waals surface area contributed by atoms with E-state index < -0.39 is 11.7 Å². The molecule has 2 aromatic rings. The zero-order valence-corrected chi connectivity index (χ0v) is 21.7. The Morgan fingerprint density at radius 1 is 0.974 bits per heavy atom. The molecule has 2 aliphatic heterocycles. The first-order valence-electron chi connectivity index (χ1n) is 13.0. The molecule has 0 spiro atoms. The molecule has 2 aromatic carbocycles. The molecule has 0 saturated carbocycles. The predicted molar refractivity (Wildman–Crippen MR) is 144 cm³/mol. The summed E-state index contributed by atoms with van der Waals surface area (Å²) in [5.41, 5.74) is 8.67. The third-order valence-corrected chi connectivity index (χ3v) is 7.34. The predicted octanol–water partition coefficient (Wildman–Crippen LogP) is 5.53. The average Bonchev–Trinajstić information content (AvgIpc) is 3.42. The molecule has 2 heterocycles. The summed E-state index contributed by atoms with van der Waals surface area (Å²) >= 11 is 0. The summed E-state index contributed by atoms with van der Waals surface area (Å²) in [6.45, 7) is 11.7. The Morgan fingerprint density at radius 2 is 1.58 bits per heavy atom. The van der Waals surface area contributed by atoms with Crippen molar-refractivity contribution in [1.29, 1.82) is 0 Å². The van der Waals surface area contributed by atoms with Crippen molar-refractivity contribution in [2.75, 3.05) is 45.8 Å². The van der Waals surface area contributed by atoms with Gasteiger partial charge in [0.2, 0.25) is 0 Å². The smallest absolute Gasteiger partial charge is 0.383 e. The van der Waals surface area contributed by atoms with Crippen LogP contribution in [0.1, 0.15) is 42.5 Å². The van der Waals surface area contributed by atoms with Crippen LogP contribution in [0.4, 0.5) is 17.6 Å². The van der Waals surface area contributed by atoms with Crippen molar-refractivity contribution >= 4 is 11.8 Å². The number of rotatable bonds is 8. The van der Waals surface area contributed by atoms with E-state index in [1.54, 1.807) is 37.4 Å². The summed E-state index contributed by atoms with van der Waals surface area (Å²) in [6, 6.07) is 11.7. The number of aliphatic imine (C=N–C) groups is 1. The Kier molecular flexibility index (Phi) is 8.89. The molecule has 9 heteroatoms. The van der Waals surface area contributed by atoms with Crippen LogP contribution in [0.3, 0.4) is 0 Å². The molecule has 2 saturated heterocycles. The van der Waals surface area contributed by atoms with Crippen molar-refractivity contribution in [3.63, 3.8) is 0 Å². The highest BCUT2D eigenvalue weighted by Gasteiger charge is 2.32. The zero-order valence-electron chi connectivity index (χ0n) is 21.7. The van der Waals surface area contributed by atoms with Crippen molar-refractivity contribution < 1.29 is 17.6 Å². The maximum atomic E-state index is 13.6. The molecule has 204 valence electrons. The second-order valence-electron chi connectivity index (χ2n) is 9.77. The molecular formula is C29H35F4N5. The molecule has 38 heavy (non-hydrogen) atoms. The van der Waals surface area contributed by atoms with Gasteiger partial charge in [-0.25, -0.2) is 9.38 Å². The lowest BCUT2D eigenvalue weighted by molar-refractivity contribution is -0.137. The van der Waals surface area contributed by atoms with Gasteiger partial charge in [-0.3, -0.25) is 4.90 Å². The van der Waals surface area contributed by atoms with E-state index in [0.29, 0.717) is 43.3 Å². The molecule has 2 aliphatic rings. The number of alkyl halides is 3. The number of nitrogens with two attached hydrogens (primary N) is 1. The lowest BCUT2D eigenvalue weighted by Crippen LogP contribution is -2.49. The van der Waals surface area contributed by atoms with E-state index in [1.807, 2.05) is 0 Å². The third kappa shape index (κ3) is 6.63. The summed E-state index contributed by atoms with van der Waals surface area (Å²) in [5, 5.41) is 0. The van der Waals surface area contributed by atoms with Gasteiger partial charge >= 0.3 is 6.18 Å². The van der Waals surface area contributed by atoms with Crippen LogP contribution >= 0.6 is 0 Å². The van der Waals surface area contributed by atoms with Gasteiger partial charge in [-0.05, 0) is 68.2 Å². The minimum absolute atomic E-state index is 0.00679. The van der Waals surface area contributed by atoms with E-state index in [2.05, 4.69) is 26.3 Å². The largest absolute Gasteiger partial charge is 0.416 e. The quantitative estimate of drug-likeness (QED) is 0.278. The van der Waals surface area contributed by atoms with Crippen LogP contribution < -0.4 is 5.73 Å². The second kappa shape index (κ2) is 12.1. The monoisotopic (exact) mass is 529 g/mol. The number of nitrogens with zero attached hydrogens (tertiary/aromatic N) is 4. The van der Waals surface area contributed by atoms with E-state index in [9.17, 15) is 17.6 Å². The van der Waals surface area contributed by atoms with Crippen LogP contribution in [0, 0.1) is 5.82 Å². The molecule has 2 fully saturated rings. The highest BCUT2D eigenvalue weighted by Crippen LogP contribution is 2.33. The van der Waals surface area contributed by atoms with Crippen LogP contribution in [-0.2, 0) is 6.18 Å². The third-order valence-electron chi connectivity index (χ3n) is 7.34. The van der Waals surface area contributed by atoms with Crippen LogP contribution in [-0.4, -0.2) is 66.7 Å². The summed E-state index contributed by atoms with van der Waals surface area (Å²) in [4.78, 5) is 11.1. The molecule has 0 aromatic heterocycles. The zero-order chi connectivity index (χ0) is 27.3. The molecule has 0 radical (unpaired) electrons. The summed E-state index contributed by atoms with van der Waals surface area (Å²) < 4.78 is 53.1. The Balaban J connectivity index is 1.52. The molecule has 0 amide bonds. The van der Waals surface area contributed by atoms with E-state index in [4.69, 9.17) is 5.73 Å². The number of hydrogen-bond acceptors (Lipinski definition) is 5. The Morgan fingerprint density at radius 3 is 2.13 bits per heavy atom. The summed E-state index contributed by atoms with van der Waals surface area (Å²) in [5.74, 6) is -0.0274. The number of piperazine rings is 1. The fourth-order valence-corrected chi connectivity index (χ4v) is 5.28. The minimum atomic E-state index is -4.35. The van der Waals surface area contributed by atoms with Crippen LogP contribution in [0.15, 0.2) is 71.6 Å². The SMILES string of the molecule is C=C(/C(=C(/N)N=CC)c1ccc(F)cc1)N1CCN(C(CN2CCCC2)c2ccc(C(F)(F)F)cc2)CC1. The normalized spacial score (nSPS) is 19.1. The van der Waals surface area contributed by atoms with Crippen LogP contribution in [0.2, 0.25) is 0 Å². The maximum absolute atomic E-state index is 13.6. The molecule has 5 nitrogen and oxygen atoms in total. The van der Waals surface area contributed by atoms with Gasteiger partial charge in [-0.2, -0.15) is 13.2 Å². The van der Waals surface area contributed by atoms with Gasteiger partial charge in [0, 0.05) is 56.3 Å². The molecule has 0 bridgehead atoms. The van der Waals surface area contributed by atoms with E-state index in [1.165, 1.54) is 24.3 Å². The van der Waals surface area contributed by atoms with E-state index >= 15 is 0 Å². The fraction of sp³-hybridized carbons (Fsp3) is 0.414. The first kappa shape index (κ1) is 27.9. The highest BCUT2D eigenvalue weighted by molar-refractivity contribution is 5.80. The van der Waals surface area contributed by atoms with Gasteiger partial charge in [-0.15, -0.1) is 0 Å². The Bertz CT molecular complexity index is 1140. The van der Waals surface area contributed by atoms with Gasteiger partial charge in [0.05, 0.1) is 5.56 Å². The number of benzene rings is 2. The Labute approximate surface area is 221 Å². The minimum Gasteiger partial charge on any atom is -0.383 e. The standard InChI is InChI=1S/C29H35F4N5/c1-3-35-28(34)27(23-8-12-25(30)13-9-23)21(2)37-16-18-38(19-17-37)26(20-36-14-4-5-15-36)22-6-10-24(11-7-22)29(31,32)33/h3,6-13,26H,2,4-5,14-20,34H2,1H3/b28-27+,35-3?. The van der Waals surface area contributed by atoms with E-state index in [-0.39, 0.29) is 11.9 Å². The highest BCUT2D eigenvalue weighted by atomic mass is 19.4. The van der Waals surface area contributed by atoms with Crippen molar-refractivity contribution in [3.8, 4) is 0 Å². The molecular weight excluding hydrogens is 494 g/mol. The molecule has 1 unspecified atom stereocenters. The van der Waals surface area contributed by atoms with Gasteiger partial charge in [-0.1, -0.05) is 30.8 Å². The van der Waals surface area contributed by atoms with Gasteiger partial charge in [0.25, 0.3) is 0 Å². The number of allylic oxidation sites excluding steroid dienone is 1. The van der Waals surface area contributed by atoms with Gasteiger partial charge in [0.15, 0.2) is 0 Å². The lowest BCUT2D eigenvalue weighted by atomic mass is 10.00. The lowest BCUT2D eigenvalue weighted by Gasteiger charge is -2.42. The fourth-order valence-electron chi connectivity index (χ4n) is 5.28. The number of likely N-dealkylation sites (tertiary alicyclic amines) is 1. The first-order valence-corrected chi connectivity index (χ1v) is 13.0. The van der Waals surface area contributed by atoms with Crippen molar-refractivity contribution in [1.82, 2.24) is 14.7 Å². The van der Waals surface area contributed by atoms with E-state index in [0.717, 1.165) is 43.6 Å². The second-order valence-corrected chi connectivity index (χ2v) is 9.77.